The van der Waals surface area contributed by atoms with Gasteiger partial charge >= 0.3 is 0 Å². The molecule has 1 aromatic rings. The van der Waals surface area contributed by atoms with E-state index in [2.05, 4.69) is 48.5 Å². The minimum atomic E-state index is 0.567. The highest BCUT2D eigenvalue weighted by Crippen LogP contribution is 2.00. The topological polar surface area (TPSA) is 55.6 Å². The van der Waals surface area contributed by atoms with Gasteiger partial charge in [-0.3, -0.25) is 0 Å². The summed E-state index contributed by atoms with van der Waals surface area (Å²) in [6.07, 6.45) is 0. The highest BCUT2D eigenvalue weighted by atomic mass is 15.5. The first kappa shape index (κ1) is 12.1. The van der Waals surface area contributed by atoms with Crippen LogP contribution in [0.2, 0.25) is 0 Å². The molecule has 0 fully saturated rings. The number of aromatic nitrogens is 4. The van der Waals surface area contributed by atoms with Crippen LogP contribution in [-0.4, -0.2) is 26.8 Å². The molecule has 5 heteroatoms. The molecule has 1 rings (SSSR count). The first-order valence-corrected chi connectivity index (χ1v) is 5.55. The average molecular weight is 211 g/mol. The van der Waals surface area contributed by atoms with Crippen LogP contribution in [-0.2, 0) is 13.1 Å². The Morgan fingerprint density at radius 1 is 1.20 bits per heavy atom. The fourth-order valence-corrected chi connectivity index (χ4v) is 1.31. The maximum Gasteiger partial charge on any atom is 0.165 e. The summed E-state index contributed by atoms with van der Waals surface area (Å²) in [5, 5.41) is 15.0. The molecule has 86 valence electrons. The van der Waals surface area contributed by atoms with Crippen LogP contribution in [0.1, 0.15) is 33.5 Å². The van der Waals surface area contributed by atoms with Crippen molar-refractivity contribution in [2.45, 2.75) is 40.8 Å². The van der Waals surface area contributed by atoms with E-state index in [0.717, 1.165) is 25.5 Å². The summed E-state index contributed by atoms with van der Waals surface area (Å²) in [6, 6.07) is 0. The number of tetrazole rings is 1. The molecule has 0 atom stereocenters. The van der Waals surface area contributed by atoms with Crippen LogP contribution >= 0.6 is 0 Å². The minimum absolute atomic E-state index is 0.567. The zero-order chi connectivity index (χ0) is 11.3. The van der Waals surface area contributed by atoms with E-state index in [1.54, 1.807) is 0 Å². The maximum atomic E-state index is 4.01. The Morgan fingerprint density at radius 2 is 1.93 bits per heavy atom. The Labute approximate surface area is 91.2 Å². The normalized spacial score (nSPS) is 11.6. The molecule has 1 N–H and O–H groups in total. The number of nitrogens with one attached hydrogen (secondary N) is 1. The van der Waals surface area contributed by atoms with E-state index >= 15 is 0 Å². The zero-order valence-electron chi connectivity index (χ0n) is 10.1. The molecule has 0 spiro atoms. The minimum Gasteiger partial charge on any atom is -0.310 e. The van der Waals surface area contributed by atoms with Crippen LogP contribution in [0.5, 0.6) is 0 Å². The molecule has 0 aliphatic rings. The van der Waals surface area contributed by atoms with Crippen molar-refractivity contribution in [3.05, 3.63) is 5.82 Å². The SMILES string of the molecule is CC(C)CNCc1nnnn1CC(C)C. The number of hydrogen-bond acceptors (Lipinski definition) is 4. The van der Waals surface area contributed by atoms with E-state index in [1.807, 2.05) is 4.68 Å². The number of nitrogens with zero attached hydrogens (tertiary/aromatic N) is 4. The number of rotatable bonds is 6. The lowest BCUT2D eigenvalue weighted by molar-refractivity contribution is 0.446. The van der Waals surface area contributed by atoms with Gasteiger partial charge in [0, 0.05) is 6.54 Å². The van der Waals surface area contributed by atoms with Crippen molar-refractivity contribution in [1.29, 1.82) is 0 Å². The second kappa shape index (κ2) is 5.80. The molecule has 0 aromatic carbocycles. The van der Waals surface area contributed by atoms with Gasteiger partial charge in [-0.25, -0.2) is 4.68 Å². The Kier molecular flexibility index (Phi) is 4.68. The third kappa shape index (κ3) is 4.38. The van der Waals surface area contributed by atoms with E-state index in [0.29, 0.717) is 11.8 Å². The molecule has 0 aliphatic carbocycles. The average Bonchev–Trinajstić information content (AvgIpc) is 2.51. The Bertz CT molecular complexity index is 279. The van der Waals surface area contributed by atoms with Crippen LogP contribution in [0, 0.1) is 11.8 Å². The predicted octanol–water partition coefficient (Wildman–Crippen LogP) is 1.07. The van der Waals surface area contributed by atoms with Crippen molar-refractivity contribution in [1.82, 2.24) is 25.5 Å². The fraction of sp³-hybridized carbons (Fsp3) is 0.900. The van der Waals surface area contributed by atoms with Crippen molar-refractivity contribution in [3.63, 3.8) is 0 Å². The van der Waals surface area contributed by atoms with Crippen molar-refractivity contribution in [3.8, 4) is 0 Å². The molecule has 1 aromatic heterocycles. The largest absolute Gasteiger partial charge is 0.310 e. The highest BCUT2D eigenvalue weighted by Gasteiger charge is 2.06. The lowest BCUT2D eigenvalue weighted by atomic mass is 10.2. The molecule has 5 nitrogen and oxygen atoms in total. The molecule has 0 aliphatic heterocycles. The molecule has 0 bridgehead atoms. The summed E-state index contributed by atoms with van der Waals surface area (Å²) in [4.78, 5) is 0. The zero-order valence-corrected chi connectivity index (χ0v) is 10.1. The van der Waals surface area contributed by atoms with Gasteiger partial charge in [0.25, 0.3) is 0 Å². The van der Waals surface area contributed by atoms with Gasteiger partial charge in [-0.2, -0.15) is 0 Å². The molecular weight excluding hydrogens is 190 g/mol. The maximum absolute atomic E-state index is 4.01. The van der Waals surface area contributed by atoms with Crippen LogP contribution in [0.4, 0.5) is 0 Å². The van der Waals surface area contributed by atoms with Gasteiger partial charge in [0.15, 0.2) is 5.82 Å². The van der Waals surface area contributed by atoms with Gasteiger partial charge in [0.2, 0.25) is 0 Å². The van der Waals surface area contributed by atoms with Gasteiger partial charge in [-0.15, -0.1) is 5.10 Å². The van der Waals surface area contributed by atoms with E-state index in [9.17, 15) is 0 Å². The van der Waals surface area contributed by atoms with Gasteiger partial charge in [-0.05, 0) is 28.8 Å². The van der Waals surface area contributed by atoms with Crippen LogP contribution < -0.4 is 5.32 Å². The van der Waals surface area contributed by atoms with E-state index < -0.39 is 0 Å². The molecule has 0 unspecified atom stereocenters. The fourth-order valence-electron chi connectivity index (χ4n) is 1.31. The molecule has 0 amide bonds. The van der Waals surface area contributed by atoms with E-state index in [-0.39, 0.29) is 0 Å². The van der Waals surface area contributed by atoms with Gasteiger partial charge in [-0.1, -0.05) is 27.7 Å². The van der Waals surface area contributed by atoms with Gasteiger partial charge in [0.1, 0.15) is 0 Å². The Hall–Kier alpha value is -0.970. The third-order valence-electron chi connectivity index (χ3n) is 1.98. The van der Waals surface area contributed by atoms with Crippen molar-refractivity contribution >= 4 is 0 Å². The van der Waals surface area contributed by atoms with Crippen molar-refractivity contribution in [2.24, 2.45) is 11.8 Å². The summed E-state index contributed by atoms with van der Waals surface area (Å²) in [5.74, 6) is 2.14. The van der Waals surface area contributed by atoms with Gasteiger partial charge in [0.05, 0.1) is 6.54 Å². The smallest absolute Gasteiger partial charge is 0.165 e. The van der Waals surface area contributed by atoms with Crippen molar-refractivity contribution < 1.29 is 0 Å². The Morgan fingerprint density at radius 3 is 2.53 bits per heavy atom. The summed E-state index contributed by atoms with van der Waals surface area (Å²) in [7, 11) is 0. The lowest BCUT2D eigenvalue weighted by Crippen LogP contribution is -2.22. The summed E-state index contributed by atoms with van der Waals surface area (Å²) >= 11 is 0. The first-order valence-electron chi connectivity index (χ1n) is 5.55. The first-order chi connectivity index (χ1) is 7.09. The monoisotopic (exact) mass is 211 g/mol. The third-order valence-corrected chi connectivity index (χ3v) is 1.98. The summed E-state index contributed by atoms with van der Waals surface area (Å²) < 4.78 is 1.87. The number of hydrogen-bond donors (Lipinski definition) is 1. The summed E-state index contributed by atoms with van der Waals surface area (Å²) in [5.41, 5.74) is 0. The molecule has 1 heterocycles. The van der Waals surface area contributed by atoms with Crippen LogP contribution in [0.3, 0.4) is 0 Å². The second-order valence-corrected chi connectivity index (χ2v) is 4.70. The van der Waals surface area contributed by atoms with E-state index in [1.165, 1.54) is 0 Å². The Balaban J connectivity index is 2.43. The van der Waals surface area contributed by atoms with Crippen LogP contribution in [0.25, 0.3) is 0 Å². The highest BCUT2D eigenvalue weighted by molar-refractivity contribution is 4.80. The lowest BCUT2D eigenvalue weighted by Gasteiger charge is -2.09. The quantitative estimate of drug-likeness (QED) is 0.765. The van der Waals surface area contributed by atoms with Crippen LogP contribution in [0.15, 0.2) is 0 Å². The van der Waals surface area contributed by atoms with Gasteiger partial charge < -0.3 is 5.32 Å². The van der Waals surface area contributed by atoms with Crippen molar-refractivity contribution in [2.75, 3.05) is 6.54 Å². The standard InChI is InChI=1S/C10H21N5/c1-8(2)5-11-6-10-12-13-14-15(10)7-9(3)4/h8-9,11H,5-7H2,1-4H3. The molecular formula is C10H21N5. The molecule has 15 heavy (non-hydrogen) atoms. The molecule has 0 radical (unpaired) electrons. The second-order valence-electron chi connectivity index (χ2n) is 4.70. The predicted molar refractivity (Wildman–Crippen MR) is 59.2 cm³/mol. The molecule has 0 saturated heterocycles. The molecule has 0 saturated carbocycles. The van der Waals surface area contributed by atoms with E-state index in [4.69, 9.17) is 0 Å². The summed E-state index contributed by atoms with van der Waals surface area (Å²) in [6.45, 7) is 11.3.